The van der Waals surface area contributed by atoms with Crippen LogP contribution >= 0.6 is 0 Å². The van der Waals surface area contributed by atoms with Crippen LogP contribution in [-0.4, -0.2) is 22.6 Å². The molecule has 0 bridgehead atoms. The molecule has 0 aromatic heterocycles. The Morgan fingerprint density at radius 1 is 1.42 bits per heavy atom. The molecule has 0 aromatic rings. The number of allylic oxidation sites excluding steroid dienone is 1. The lowest BCUT2D eigenvalue weighted by Gasteiger charge is -2.46. The summed E-state index contributed by atoms with van der Waals surface area (Å²) in [6.45, 7) is 5.84. The van der Waals surface area contributed by atoms with E-state index >= 15 is 0 Å². The van der Waals surface area contributed by atoms with Crippen molar-refractivity contribution in [3.8, 4) is 0 Å². The van der Waals surface area contributed by atoms with Crippen LogP contribution in [0, 0.1) is 11.3 Å². The second-order valence-corrected chi connectivity index (χ2v) is 6.20. The zero-order valence-corrected chi connectivity index (χ0v) is 11.4. The molecule has 0 unspecified atom stereocenters. The van der Waals surface area contributed by atoms with Crippen molar-refractivity contribution in [1.82, 2.24) is 0 Å². The molecular weight excluding hydrogens is 244 g/mol. The van der Waals surface area contributed by atoms with Gasteiger partial charge in [0.05, 0.1) is 0 Å². The molecule has 4 nitrogen and oxygen atoms in total. The Balaban J connectivity index is 2.19. The van der Waals surface area contributed by atoms with Crippen LogP contribution in [0.1, 0.15) is 40.0 Å². The highest BCUT2D eigenvalue weighted by atomic mass is 16.7. The number of hydrogen-bond acceptors (Lipinski definition) is 4. The molecule has 3 atom stereocenters. The van der Waals surface area contributed by atoms with Crippen LogP contribution in [-0.2, 0) is 14.3 Å². The lowest BCUT2D eigenvalue weighted by atomic mass is 9.58. The van der Waals surface area contributed by atoms with E-state index in [0.717, 1.165) is 6.42 Å². The second kappa shape index (κ2) is 3.57. The van der Waals surface area contributed by atoms with Crippen LogP contribution in [0.2, 0.25) is 0 Å². The van der Waals surface area contributed by atoms with Crippen molar-refractivity contribution in [2.75, 3.05) is 0 Å². The molecule has 0 aromatic carbocycles. The molecule has 4 heteroatoms. The van der Waals surface area contributed by atoms with Crippen LogP contribution in [0.4, 0.5) is 0 Å². The monoisotopic (exact) mass is 262 g/mol. The fourth-order valence-corrected chi connectivity index (χ4v) is 3.51. The normalized spacial score (nSPS) is 41.7. The molecule has 1 N–H and O–H groups in total. The highest BCUT2D eigenvalue weighted by molar-refractivity contribution is 5.99. The first kappa shape index (κ1) is 12.6. The molecule has 19 heavy (non-hydrogen) atoms. The standard InChI is InChI=1S/C15H18O4/c1-8-4-5-12(16)11-7-15(18)10(6-14(8,11)3)9(2)13(17)19-15/h7-8,18H,4-6H2,1-3H3/t8-,14+,15+/m1/s1. The quantitative estimate of drug-likeness (QED) is 0.677. The van der Waals surface area contributed by atoms with Crippen molar-refractivity contribution in [1.29, 1.82) is 0 Å². The number of Topliss-reactive ketones (excluding diaryl/α,β-unsaturated/α-hetero) is 1. The van der Waals surface area contributed by atoms with Gasteiger partial charge in [-0.15, -0.1) is 0 Å². The first-order valence-electron chi connectivity index (χ1n) is 6.70. The lowest BCUT2D eigenvalue weighted by molar-refractivity contribution is -0.170. The molecule has 2 aliphatic carbocycles. The summed E-state index contributed by atoms with van der Waals surface area (Å²) in [7, 11) is 0. The summed E-state index contributed by atoms with van der Waals surface area (Å²) in [4.78, 5) is 23.8. The SMILES string of the molecule is CC1=C2C[C@]3(C)C(=C[C@]2(O)OC1=O)C(=O)CC[C@H]3C. The van der Waals surface area contributed by atoms with Gasteiger partial charge in [0.2, 0.25) is 0 Å². The molecule has 3 aliphatic rings. The van der Waals surface area contributed by atoms with Gasteiger partial charge < -0.3 is 9.84 Å². The number of hydrogen-bond donors (Lipinski definition) is 1. The van der Waals surface area contributed by atoms with Gasteiger partial charge in [0.15, 0.2) is 5.78 Å². The highest BCUT2D eigenvalue weighted by Gasteiger charge is 2.54. The minimum atomic E-state index is -1.69. The Kier molecular flexibility index (Phi) is 2.37. The molecule has 1 fully saturated rings. The smallest absolute Gasteiger partial charge is 0.336 e. The summed E-state index contributed by atoms with van der Waals surface area (Å²) in [5.74, 6) is -1.77. The molecule has 3 rings (SSSR count). The third kappa shape index (κ3) is 1.49. The predicted molar refractivity (Wildman–Crippen MR) is 68.0 cm³/mol. The number of ether oxygens (including phenoxy) is 1. The maximum absolute atomic E-state index is 12.1. The summed E-state index contributed by atoms with van der Waals surface area (Å²) < 4.78 is 5.06. The summed E-state index contributed by atoms with van der Waals surface area (Å²) in [6.07, 6.45) is 3.34. The summed E-state index contributed by atoms with van der Waals surface area (Å²) in [6, 6.07) is 0. The minimum Gasteiger partial charge on any atom is -0.422 e. The lowest BCUT2D eigenvalue weighted by Crippen LogP contribution is -2.45. The minimum absolute atomic E-state index is 0.0636. The van der Waals surface area contributed by atoms with Crippen LogP contribution in [0.25, 0.3) is 0 Å². The maximum atomic E-state index is 12.1. The van der Waals surface area contributed by atoms with Gasteiger partial charge in [-0.2, -0.15) is 0 Å². The average Bonchev–Trinajstić information content (AvgIpc) is 2.55. The second-order valence-electron chi connectivity index (χ2n) is 6.20. The van der Waals surface area contributed by atoms with E-state index in [1.807, 2.05) is 6.92 Å². The first-order valence-corrected chi connectivity index (χ1v) is 6.70. The van der Waals surface area contributed by atoms with Crippen LogP contribution in [0.5, 0.6) is 0 Å². The van der Waals surface area contributed by atoms with E-state index in [4.69, 9.17) is 4.74 Å². The van der Waals surface area contributed by atoms with Crippen LogP contribution in [0.3, 0.4) is 0 Å². The zero-order valence-electron chi connectivity index (χ0n) is 11.4. The number of esters is 1. The Morgan fingerprint density at radius 3 is 2.79 bits per heavy atom. The van der Waals surface area contributed by atoms with Crippen molar-refractivity contribution in [2.24, 2.45) is 11.3 Å². The average molecular weight is 262 g/mol. The van der Waals surface area contributed by atoms with E-state index in [-0.39, 0.29) is 11.2 Å². The molecule has 1 aliphatic heterocycles. The fraction of sp³-hybridized carbons (Fsp3) is 0.600. The molecule has 0 radical (unpaired) electrons. The predicted octanol–water partition coefficient (Wildman–Crippen LogP) is 1.88. The van der Waals surface area contributed by atoms with Gasteiger partial charge in [-0.05, 0) is 31.8 Å². The molecule has 1 heterocycles. The van der Waals surface area contributed by atoms with Gasteiger partial charge in [-0.3, -0.25) is 4.79 Å². The highest BCUT2D eigenvalue weighted by Crippen LogP contribution is 2.55. The largest absolute Gasteiger partial charge is 0.422 e. The third-order valence-corrected chi connectivity index (χ3v) is 5.13. The molecule has 102 valence electrons. The van der Waals surface area contributed by atoms with E-state index in [9.17, 15) is 14.7 Å². The van der Waals surface area contributed by atoms with Crippen LogP contribution in [0.15, 0.2) is 22.8 Å². The number of fused-ring (bicyclic) bond motifs is 2. The van der Waals surface area contributed by atoms with E-state index < -0.39 is 11.8 Å². The first-order chi connectivity index (χ1) is 8.78. The number of aliphatic hydroxyl groups is 1. The maximum Gasteiger partial charge on any atom is 0.336 e. The van der Waals surface area contributed by atoms with E-state index in [1.54, 1.807) is 6.92 Å². The van der Waals surface area contributed by atoms with Crippen molar-refractivity contribution in [3.05, 3.63) is 22.8 Å². The number of carbonyl (C=O) groups excluding carboxylic acids is 2. The summed E-state index contributed by atoms with van der Waals surface area (Å²) in [5.41, 5.74) is 1.42. The van der Waals surface area contributed by atoms with Crippen molar-refractivity contribution >= 4 is 11.8 Å². The molecular formula is C15H18O4. The van der Waals surface area contributed by atoms with Gasteiger partial charge >= 0.3 is 5.97 Å². The number of carbonyl (C=O) groups is 2. The summed E-state index contributed by atoms with van der Waals surface area (Å²) >= 11 is 0. The van der Waals surface area contributed by atoms with Crippen molar-refractivity contribution in [2.45, 2.75) is 45.8 Å². The Bertz CT molecular complexity index is 556. The van der Waals surface area contributed by atoms with E-state index in [0.29, 0.717) is 35.5 Å². The van der Waals surface area contributed by atoms with Gasteiger partial charge in [0.1, 0.15) is 0 Å². The molecule has 0 amide bonds. The van der Waals surface area contributed by atoms with Gasteiger partial charge in [-0.1, -0.05) is 13.8 Å². The van der Waals surface area contributed by atoms with E-state index in [1.165, 1.54) is 6.08 Å². The molecule has 0 spiro atoms. The van der Waals surface area contributed by atoms with Crippen molar-refractivity contribution < 1.29 is 19.4 Å². The Morgan fingerprint density at radius 2 is 2.11 bits per heavy atom. The zero-order chi connectivity index (χ0) is 14.0. The number of ketones is 1. The van der Waals surface area contributed by atoms with Crippen LogP contribution < -0.4 is 0 Å². The molecule has 0 saturated heterocycles. The Labute approximate surface area is 112 Å². The van der Waals surface area contributed by atoms with Gasteiger partial charge in [0, 0.05) is 28.6 Å². The van der Waals surface area contributed by atoms with E-state index in [2.05, 4.69) is 6.92 Å². The summed E-state index contributed by atoms with van der Waals surface area (Å²) in [5, 5.41) is 10.5. The van der Waals surface area contributed by atoms with Gasteiger partial charge in [0.25, 0.3) is 5.79 Å². The van der Waals surface area contributed by atoms with Crippen molar-refractivity contribution in [3.63, 3.8) is 0 Å². The third-order valence-electron chi connectivity index (χ3n) is 5.13. The Hall–Kier alpha value is -1.42. The molecule has 1 saturated carbocycles. The topological polar surface area (TPSA) is 63.6 Å². The number of rotatable bonds is 0. The fourth-order valence-electron chi connectivity index (χ4n) is 3.51. The van der Waals surface area contributed by atoms with Gasteiger partial charge in [-0.25, -0.2) is 4.79 Å².